The van der Waals surface area contributed by atoms with Crippen molar-refractivity contribution in [2.45, 2.75) is 104 Å². The molecule has 1 saturated heterocycles. The summed E-state index contributed by atoms with van der Waals surface area (Å²) in [6, 6.07) is 0. The van der Waals surface area contributed by atoms with E-state index in [2.05, 4.69) is 0 Å². The highest BCUT2D eigenvalue weighted by Crippen LogP contribution is 2.68. The average Bonchev–Trinajstić information content (AvgIpc) is 3.64. The Balaban J connectivity index is 1.92. The van der Waals surface area contributed by atoms with Gasteiger partial charge in [0.2, 0.25) is 0 Å². The molecule has 4 rings (SSSR count). The molecule has 0 spiro atoms. The van der Waals surface area contributed by atoms with Gasteiger partial charge in [-0.25, -0.2) is 4.79 Å². The van der Waals surface area contributed by atoms with Crippen LogP contribution in [0.1, 0.15) is 68.7 Å². The number of fused-ring (bicyclic) bond motifs is 1. The number of ketones is 1. The first kappa shape index (κ1) is 29.5. The van der Waals surface area contributed by atoms with E-state index in [1.807, 2.05) is 27.7 Å². The summed E-state index contributed by atoms with van der Waals surface area (Å²) in [5.74, 6) is -2.90. The first-order valence-electron chi connectivity index (χ1n) is 13.7. The lowest BCUT2D eigenvalue weighted by Gasteiger charge is -2.30. The maximum Gasteiger partial charge on any atom is 0.334 e. The van der Waals surface area contributed by atoms with Gasteiger partial charge in [-0.05, 0) is 50.2 Å². The highest BCUT2D eigenvalue weighted by Gasteiger charge is 2.84. The van der Waals surface area contributed by atoms with E-state index in [0.29, 0.717) is 17.6 Å². The lowest BCUT2D eigenvalue weighted by Crippen LogP contribution is -2.43. The minimum atomic E-state index is -1.25. The molecule has 0 N–H and O–H groups in total. The molecule has 9 nitrogen and oxygen atoms in total. The molecule has 4 aliphatic rings. The van der Waals surface area contributed by atoms with E-state index in [9.17, 15) is 19.2 Å². The zero-order valence-electron chi connectivity index (χ0n) is 24.7. The van der Waals surface area contributed by atoms with E-state index in [1.165, 1.54) is 13.8 Å². The molecule has 216 valence electrons. The van der Waals surface area contributed by atoms with Crippen molar-refractivity contribution in [3.05, 3.63) is 23.3 Å². The van der Waals surface area contributed by atoms with Gasteiger partial charge in [-0.2, -0.15) is 0 Å². The normalized spacial score (nSPS) is 43.9. The van der Waals surface area contributed by atoms with E-state index >= 15 is 0 Å². The van der Waals surface area contributed by atoms with E-state index < -0.39 is 59.4 Å². The fourth-order valence-electron chi connectivity index (χ4n) is 7.48. The minimum absolute atomic E-state index is 0.174. The SMILES string of the molecule is C/C=C(\C)C(=O)O[C@@H]1/C(C)=C/[C@@]23O[C@@]2(C[C@H](C)[C@@H]3OC(C)=O)C(=O)[C@H](C)[C@H](OC(C)=O)[C@@H]2[C@H](C1OC)C2(C)C. The predicted octanol–water partition coefficient (Wildman–Crippen LogP) is 3.73. The average molecular weight is 547 g/mol. The van der Waals surface area contributed by atoms with Gasteiger partial charge in [-0.3, -0.25) is 14.4 Å². The largest absolute Gasteiger partial charge is 0.461 e. The van der Waals surface area contributed by atoms with Gasteiger partial charge in [0.25, 0.3) is 0 Å². The van der Waals surface area contributed by atoms with Crippen molar-refractivity contribution in [2.75, 3.05) is 7.11 Å². The van der Waals surface area contributed by atoms with Crippen LogP contribution in [-0.4, -0.2) is 66.4 Å². The third-order valence-corrected chi connectivity index (χ3v) is 9.54. The first-order chi connectivity index (χ1) is 18.1. The fourth-order valence-corrected chi connectivity index (χ4v) is 7.48. The van der Waals surface area contributed by atoms with Gasteiger partial charge in [-0.1, -0.05) is 33.8 Å². The number of Topliss-reactive ketones (excluding diaryl/α,β-unsaturated/α-hetero) is 1. The number of rotatable bonds is 5. The molecule has 0 bridgehead atoms. The lowest BCUT2D eigenvalue weighted by atomic mass is 9.80. The zero-order valence-corrected chi connectivity index (χ0v) is 24.7. The summed E-state index contributed by atoms with van der Waals surface area (Å²) in [6.45, 7) is 15.7. The van der Waals surface area contributed by atoms with Crippen LogP contribution in [0.15, 0.2) is 23.3 Å². The van der Waals surface area contributed by atoms with E-state index in [-0.39, 0.29) is 29.0 Å². The van der Waals surface area contributed by atoms with Gasteiger partial charge in [0.05, 0.1) is 5.92 Å². The van der Waals surface area contributed by atoms with Crippen LogP contribution in [0.5, 0.6) is 0 Å². The Morgan fingerprint density at radius 1 is 1.00 bits per heavy atom. The Bertz CT molecular complexity index is 1140. The van der Waals surface area contributed by atoms with Crippen LogP contribution in [0.4, 0.5) is 0 Å². The molecule has 1 heterocycles. The van der Waals surface area contributed by atoms with Gasteiger partial charge < -0.3 is 23.7 Å². The van der Waals surface area contributed by atoms with Crippen LogP contribution in [-0.2, 0) is 42.9 Å². The van der Waals surface area contributed by atoms with Crippen molar-refractivity contribution in [2.24, 2.45) is 29.1 Å². The number of ether oxygens (including phenoxy) is 5. The van der Waals surface area contributed by atoms with Crippen molar-refractivity contribution in [1.29, 1.82) is 0 Å². The van der Waals surface area contributed by atoms with Crippen molar-refractivity contribution < 1.29 is 42.9 Å². The van der Waals surface area contributed by atoms with Gasteiger partial charge in [0.1, 0.15) is 24.4 Å². The Morgan fingerprint density at radius 3 is 2.13 bits per heavy atom. The summed E-state index contributed by atoms with van der Waals surface area (Å²) < 4.78 is 30.1. The Hall–Kier alpha value is -2.52. The maximum atomic E-state index is 14.3. The molecule has 1 aliphatic heterocycles. The Kier molecular flexibility index (Phi) is 7.43. The minimum Gasteiger partial charge on any atom is -0.461 e. The summed E-state index contributed by atoms with van der Waals surface area (Å²) >= 11 is 0. The fraction of sp³-hybridized carbons (Fsp3) is 0.733. The molecule has 0 amide bonds. The number of esters is 3. The molecule has 3 aliphatic carbocycles. The number of allylic oxidation sites excluding steroid dienone is 1. The summed E-state index contributed by atoms with van der Waals surface area (Å²) in [7, 11) is 1.57. The Labute approximate surface area is 230 Å². The second kappa shape index (κ2) is 9.84. The molecule has 0 aromatic heterocycles. The summed E-state index contributed by atoms with van der Waals surface area (Å²) in [5, 5.41) is 0. The smallest absolute Gasteiger partial charge is 0.334 e. The number of carbonyl (C=O) groups excluding carboxylic acids is 4. The van der Waals surface area contributed by atoms with Crippen LogP contribution < -0.4 is 0 Å². The predicted molar refractivity (Wildman–Crippen MR) is 140 cm³/mol. The molecular weight excluding hydrogens is 504 g/mol. The second-order valence-corrected chi connectivity index (χ2v) is 12.4. The van der Waals surface area contributed by atoms with Crippen LogP contribution in [0, 0.1) is 29.1 Å². The molecular formula is C30H42O9. The molecule has 0 aromatic rings. The van der Waals surface area contributed by atoms with Gasteiger partial charge in [-0.15, -0.1) is 0 Å². The highest BCUT2D eigenvalue weighted by atomic mass is 16.7. The summed E-state index contributed by atoms with van der Waals surface area (Å²) in [6.07, 6.45) is 0.965. The van der Waals surface area contributed by atoms with Gasteiger partial charge >= 0.3 is 17.9 Å². The molecule has 39 heavy (non-hydrogen) atoms. The molecule has 10 atom stereocenters. The van der Waals surface area contributed by atoms with Crippen LogP contribution in [0.3, 0.4) is 0 Å². The maximum absolute atomic E-state index is 14.3. The molecule has 2 saturated carbocycles. The third-order valence-electron chi connectivity index (χ3n) is 9.54. The van der Waals surface area contributed by atoms with Crippen LogP contribution in [0.2, 0.25) is 0 Å². The monoisotopic (exact) mass is 546 g/mol. The zero-order chi connectivity index (χ0) is 29.2. The molecule has 3 fully saturated rings. The number of carbonyl (C=O) groups is 4. The standard InChI is InChI=1S/C30H42O9/c1-11-14(2)27(34)38-22-15(3)12-30-26(37-19(7)32)16(4)13-29(30,39-30)25(33)17(5)23(36-18(6)31)20-21(24(22)35-10)28(20,8)9/h11-12,16-17,20-24,26H,13H2,1-10H3/b14-11+,15-12+/t16-,17+,20-,21+,22+,23-,24?,26-,29-,30-/m0/s1. The number of hydrogen-bond donors (Lipinski definition) is 0. The van der Waals surface area contributed by atoms with Gasteiger partial charge in [0, 0.05) is 38.4 Å². The van der Waals surface area contributed by atoms with Gasteiger partial charge in [0.15, 0.2) is 17.0 Å². The van der Waals surface area contributed by atoms with Crippen molar-refractivity contribution in [3.8, 4) is 0 Å². The lowest BCUT2D eigenvalue weighted by molar-refractivity contribution is -0.154. The third kappa shape index (κ3) is 4.46. The topological polar surface area (TPSA) is 118 Å². The molecule has 0 aromatic carbocycles. The van der Waals surface area contributed by atoms with Crippen LogP contribution in [0.25, 0.3) is 0 Å². The summed E-state index contributed by atoms with van der Waals surface area (Å²) in [4.78, 5) is 51.7. The van der Waals surface area contributed by atoms with Crippen LogP contribution >= 0.6 is 0 Å². The molecule has 1 unspecified atom stereocenters. The number of epoxide rings is 1. The number of methoxy groups -OCH3 is 1. The van der Waals surface area contributed by atoms with E-state index in [0.717, 1.165) is 0 Å². The van der Waals surface area contributed by atoms with Crippen molar-refractivity contribution in [1.82, 2.24) is 0 Å². The van der Waals surface area contributed by atoms with Crippen molar-refractivity contribution >= 4 is 23.7 Å². The van der Waals surface area contributed by atoms with E-state index in [4.69, 9.17) is 23.7 Å². The highest BCUT2D eigenvalue weighted by molar-refractivity contribution is 5.96. The first-order valence-corrected chi connectivity index (χ1v) is 13.7. The van der Waals surface area contributed by atoms with E-state index in [1.54, 1.807) is 40.0 Å². The molecule has 0 radical (unpaired) electrons. The molecule has 9 heteroatoms. The number of hydrogen-bond acceptors (Lipinski definition) is 9. The summed E-state index contributed by atoms with van der Waals surface area (Å²) in [5.41, 5.74) is -1.77. The Morgan fingerprint density at radius 2 is 1.59 bits per heavy atom. The van der Waals surface area contributed by atoms with Crippen molar-refractivity contribution in [3.63, 3.8) is 0 Å². The quantitative estimate of drug-likeness (QED) is 0.167. The second-order valence-electron chi connectivity index (χ2n) is 12.4.